The molecule has 1 N–H and O–H groups in total. The monoisotopic (exact) mass is 304 g/mol. The fourth-order valence-electron chi connectivity index (χ4n) is 2.16. The number of thioether (sulfide) groups is 1. The number of amides is 1. The van der Waals surface area contributed by atoms with E-state index in [1.807, 2.05) is 0 Å². The molecule has 1 aromatic heterocycles. The van der Waals surface area contributed by atoms with Crippen LogP contribution in [0.15, 0.2) is 16.5 Å². The van der Waals surface area contributed by atoms with Crippen molar-refractivity contribution >= 4 is 17.7 Å². The van der Waals surface area contributed by atoms with E-state index in [2.05, 4.69) is 5.32 Å². The van der Waals surface area contributed by atoms with Crippen LogP contribution in [0.4, 0.5) is 8.78 Å². The summed E-state index contributed by atoms with van der Waals surface area (Å²) in [7, 11) is 1.79. The van der Waals surface area contributed by atoms with Crippen molar-refractivity contribution < 1.29 is 18.0 Å². The van der Waals surface area contributed by atoms with Crippen LogP contribution in [0.5, 0.6) is 0 Å². The lowest BCUT2D eigenvalue weighted by Gasteiger charge is -2.30. The van der Waals surface area contributed by atoms with Gasteiger partial charge >= 0.3 is 0 Å². The number of likely N-dealkylation sites (tertiary alicyclic amines) is 1. The Kier molecular flexibility index (Phi) is 5.42. The van der Waals surface area contributed by atoms with Crippen molar-refractivity contribution in [2.24, 2.45) is 0 Å². The molecule has 0 bridgehead atoms. The Labute approximate surface area is 120 Å². The molecule has 1 saturated heterocycles. The second-order valence-electron chi connectivity index (χ2n) is 4.83. The molecule has 2 rings (SSSR count). The normalized spacial score (nSPS) is 19.9. The summed E-state index contributed by atoms with van der Waals surface area (Å²) in [5, 5.41) is 3.32. The molecule has 1 atom stereocenters. The number of nitrogens with zero attached hydrogens (tertiary/aromatic N) is 1. The fourth-order valence-corrected chi connectivity index (χ4v) is 2.61. The first kappa shape index (κ1) is 15.3. The molecule has 20 heavy (non-hydrogen) atoms. The minimum Gasteiger partial charge on any atom is -0.464 e. The summed E-state index contributed by atoms with van der Waals surface area (Å²) in [6.07, 6.45) is 1.38. The molecular formula is C13H18F2N2O2S. The number of furan rings is 1. The van der Waals surface area contributed by atoms with E-state index in [1.165, 1.54) is 0 Å². The van der Waals surface area contributed by atoms with Crippen molar-refractivity contribution in [3.05, 3.63) is 23.7 Å². The van der Waals surface area contributed by atoms with Gasteiger partial charge in [-0.2, -0.15) is 8.78 Å². The van der Waals surface area contributed by atoms with Gasteiger partial charge < -0.3 is 14.6 Å². The molecule has 0 spiro atoms. The first-order chi connectivity index (χ1) is 9.54. The zero-order valence-electron chi connectivity index (χ0n) is 11.3. The van der Waals surface area contributed by atoms with E-state index in [0.29, 0.717) is 37.0 Å². The Bertz CT molecular complexity index is 453. The molecule has 1 unspecified atom stereocenters. The molecule has 0 saturated carbocycles. The quantitative estimate of drug-likeness (QED) is 0.877. The topological polar surface area (TPSA) is 45.5 Å². The Morgan fingerprint density at radius 2 is 2.25 bits per heavy atom. The summed E-state index contributed by atoms with van der Waals surface area (Å²) in [5.41, 5.74) is 0. The summed E-state index contributed by atoms with van der Waals surface area (Å²) >= 11 is 0.553. The molecule has 1 aromatic rings. The van der Waals surface area contributed by atoms with Gasteiger partial charge in [-0.15, -0.1) is 0 Å². The lowest BCUT2D eigenvalue weighted by molar-refractivity contribution is -0.132. The third-order valence-electron chi connectivity index (χ3n) is 3.26. The first-order valence-electron chi connectivity index (χ1n) is 6.49. The third-order valence-corrected chi connectivity index (χ3v) is 3.96. The van der Waals surface area contributed by atoms with Crippen LogP contribution in [0.1, 0.15) is 24.4 Å². The Balaban J connectivity index is 1.75. The molecule has 1 aliphatic heterocycles. The van der Waals surface area contributed by atoms with E-state index in [-0.39, 0.29) is 17.7 Å². The predicted molar refractivity (Wildman–Crippen MR) is 73.5 cm³/mol. The number of piperidine rings is 1. The first-order valence-corrected chi connectivity index (χ1v) is 7.54. The number of halogens is 2. The van der Waals surface area contributed by atoms with Crippen LogP contribution < -0.4 is 5.32 Å². The van der Waals surface area contributed by atoms with Crippen molar-refractivity contribution in [1.82, 2.24) is 10.2 Å². The molecule has 1 fully saturated rings. The SMILES string of the molecule is CN1CC(NCc2ccc(CSC(F)F)o2)CCC1=O. The lowest BCUT2D eigenvalue weighted by Crippen LogP contribution is -2.46. The fraction of sp³-hybridized carbons (Fsp3) is 0.615. The Hall–Kier alpha value is -1.08. The number of rotatable bonds is 6. The van der Waals surface area contributed by atoms with Gasteiger partial charge in [-0.25, -0.2) is 0 Å². The molecule has 112 valence electrons. The average Bonchev–Trinajstić information content (AvgIpc) is 2.86. The van der Waals surface area contributed by atoms with Gasteiger partial charge in [0.25, 0.3) is 5.76 Å². The maximum absolute atomic E-state index is 12.1. The van der Waals surface area contributed by atoms with Crippen LogP contribution >= 0.6 is 11.8 Å². The van der Waals surface area contributed by atoms with E-state index in [4.69, 9.17) is 4.42 Å². The van der Waals surface area contributed by atoms with Crippen molar-refractivity contribution in [1.29, 1.82) is 0 Å². The van der Waals surface area contributed by atoms with Gasteiger partial charge in [0.15, 0.2) is 0 Å². The summed E-state index contributed by atoms with van der Waals surface area (Å²) < 4.78 is 29.6. The highest BCUT2D eigenvalue weighted by atomic mass is 32.2. The number of hydrogen-bond acceptors (Lipinski definition) is 4. The zero-order valence-corrected chi connectivity index (χ0v) is 12.1. The molecule has 7 heteroatoms. The van der Waals surface area contributed by atoms with Gasteiger partial charge in [-0.3, -0.25) is 4.79 Å². The molecule has 2 heterocycles. The van der Waals surface area contributed by atoms with Gasteiger partial charge in [0, 0.05) is 26.1 Å². The van der Waals surface area contributed by atoms with Gasteiger partial charge in [0.1, 0.15) is 11.5 Å². The minimum absolute atomic E-state index is 0.173. The molecule has 1 amide bonds. The Morgan fingerprint density at radius 1 is 1.50 bits per heavy atom. The van der Waals surface area contributed by atoms with Gasteiger partial charge in [0.05, 0.1) is 12.3 Å². The Morgan fingerprint density at radius 3 is 2.95 bits per heavy atom. The lowest BCUT2D eigenvalue weighted by atomic mass is 10.1. The highest BCUT2D eigenvalue weighted by molar-refractivity contribution is 7.98. The van der Waals surface area contributed by atoms with Crippen LogP contribution in [-0.2, 0) is 17.1 Å². The molecule has 1 aliphatic rings. The summed E-state index contributed by atoms with van der Waals surface area (Å²) in [5.74, 6) is -0.736. The van der Waals surface area contributed by atoms with Crippen molar-refractivity contribution in [3.63, 3.8) is 0 Å². The third kappa shape index (κ3) is 4.49. The maximum atomic E-state index is 12.1. The van der Waals surface area contributed by atoms with E-state index >= 15 is 0 Å². The number of hydrogen-bond donors (Lipinski definition) is 1. The standard InChI is InChI=1S/C13H18F2N2O2S/c1-17-7-9(2-5-12(17)18)16-6-10-3-4-11(19-10)8-20-13(14)15/h3-4,9,13,16H,2,5-8H2,1H3. The molecule has 0 aliphatic carbocycles. The summed E-state index contributed by atoms with van der Waals surface area (Å²) in [6.45, 7) is 1.24. The number of alkyl halides is 2. The number of carbonyl (C=O) groups excluding carboxylic acids is 1. The number of carbonyl (C=O) groups is 1. The van der Waals surface area contributed by atoms with Crippen molar-refractivity contribution in [2.75, 3.05) is 13.6 Å². The van der Waals surface area contributed by atoms with Gasteiger partial charge in [-0.1, -0.05) is 11.8 Å². The second-order valence-corrected chi connectivity index (χ2v) is 5.81. The number of likely N-dealkylation sites (N-methyl/N-ethyl adjacent to an activating group) is 1. The van der Waals surface area contributed by atoms with E-state index in [9.17, 15) is 13.6 Å². The number of nitrogens with one attached hydrogen (secondary N) is 1. The summed E-state index contributed by atoms with van der Waals surface area (Å²) in [4.78, 5) is 13.1. The van der Waals surface area contributed by atoms with Crippen LogP contribution in [0.3, 0.4) is 0 Å². The van der Waals surface area contributed by atoms with Crippen molar-refractivity contribution in [2.45, 2.75) is 36.9 Å². The zero-order chi connectivity index (χ0) is 14.5. The predicted octanol–water partition coefficient (Wildman–Crippen LogP) is 2.45. The van der Waals surface area contributed by atoms with Crippen molar-refractivity contribution in [3.8, 4) is 0 Å². The van der Waals surface area contributed by atoms with E-state index in [1.54, 1.807) is 24.1 Å². The maximum Gasteiger partial charge on any atom is 0.284 e. The molecule has 4 nitrogen and oxygen atoms in total. The highest BCUT2D eigenvalue weighted by Crippen LogP contribution is 2.21. The van der Waals surface area contributed by atoms with E-state index < -0.39 is 5.76 Å². The summed E-state index contributed by atoms with van der Waals surface area (Å²) in [6, 6.07) is 3.77. The molecule has 0 radical (unpaired) electrons. The minimum atomic E-state index is -2.38. The van der Waals surface area contributed by atoms with Gasteiger partial charge in [-0.05, 0) is 18.6 Å². The van der Waals surface area contributed by atoms with Gasteiger partial charge in [0.2, 0.25) is 5.91 Å². The average molecular weight is 304 g/mol. The van der Waals surface area contributed by atoms with Crippen LogP contribution in [0, 0.1) is 0 Å². The highest BCUT2D eigenvalue weighted by Gasteiger charge is 2.22. The van der Waals surface area contributed by atoms with Crippen LogP contribution in [0.2, 0.25) is 0 Å². The molecule has 0 aromatic carbocycles. The smallest absolute Gasteiger partial charge is 0.284 e. The second kappa shape index (κ2) is 7.08. The van der Waals surface area contributed by atoms with E-state index in [0.717, 1.165) is 12.2 Å². The largest absolute Gasteiger partial charge is 0.464 e. The van der Waals surface area contributed by atoms with Crippen LogP contribution in [-0.4, -0.2) is 36.2 Å². The molecular weight excluding hydrogens is 286 g/mol. The van der Waals surface area contributed by atoms with Crippen LogP contribution in [0.25, 0.3) is 0 Å².